The van der Waals surface area contributed by atoms with E-state index in [4.69, 9.17) is 11.5 Å². The van der Waals surface area contributed by atoms with Crippen LogP contribution in [0.5, 0.6) is 0 Å². The second-order valence-electron chi connectivity index (χ2n) is 7.32. The Balaban J connectivity index is 1.98. The number of aromatic nitrogens is 1. The number of primary amides is 2. The maximum atomic E-state index is 12.1. The number of nitrogens with zero attached hydrogens (tertiary/aromatic N) is 1. The van der Waals surface area contributed by atoms with E-state index in [2.05, 4.69) is 29.7 Å². The third-order valence-electron chi connectivity index (χ3n) is 5.31. The van der Waals surface area contributed by atoms with Gasteiger partial charge in [0, 0.05) is 34.0 Å². The van der Waals surface area contributed by atoms with Crippen LogP contribution in [0.3, 0.4) is 0 Å². The molecule has 1 heterocycles. The topological polar surface area (TPSA) is 91.1 Å². The van der Waals surface area contributed by atoms with Crippen molar-refractivity contribution in [2.75, 3.05) is 0 Å². The van der Waals surface area contributed by atoms with Crippen LogP contribution in [-0.2, 0) is 13.0 Å². The van der Waals surface area contributed by atoms with Crippen LogP contribution < -0.4 is 11.5 Å². The molecule has 29 heavy (non-hydrogen) atoms. The van der Waals surface area contributed by atoms with E-state index in [1.54, 1.807) is 12.1 Å². The van der Waals surface area contributed by atoms with Gasteiger partial charge in [-0.15, -0.1) is 0 Å². The molecule has 4 rings (SSSR count). The van der Waals surface area contributed by atoms with Gasteiger partial charge < -0.3 is 16.0 Å². The van der Waals surface area contributed by atoms with E-state index in [1.165, 1.54) is 5.56 Å². The molecule has 4 aromatic rings. The van der Waals surface area contributed by atoms with Gasteiger partial charge in [0.1, 0.15) is 0 Å². The van der Waals surface area contributed by atoms with E-state index in [0.717, 1.165) is 40.2 Å². The zero-order valence-corrected chi connectivity index (χ0v) is 16.3. The maximum absolute atomic E-state index is 12.1. The molecule has 5 heteroatoms. The average molecular weight is 385 g/mol. The molecule has 4 N–H and O–H groups in total. The minimum Gasteiger partial charge on any atom is -0.366 e. The van der Waals surface area contributed by atoms with Gasteiger partial charge in [-0.1, -0.05) is 43.7 Å². The van der Waals surface area contributed by atoms with Crippen molar-refractivity contribution in [3.63, 3.8) is 0 Å². The molecule has 2 amide bonds. The Kier molecular flexibility index (Phi) is 4.80. The van der Waals surface area contributed by atoms with Crippen molar-refractivity contribution < 1.29 is 9.59 Å². The smallest absolute Gasteiger partial charge is 0.249 e. The number of amides is 2. The van der Waals surface area contributed by atoms with Crippen LogP contribution in [0.1, 0.15) is 45.2 Å². The summed E-state index contributed by atoms with van der Waals surface area (Å²) in [5.74, 6) is -0.890. The molecular formula is C24H23N3O2. The quantitative estimate of drug-likeness (QED) is 0.525. The molecule has 0 unspecified atom stereocenters. The van der Waals surface area contributed by atoms with Crippen molar-refractivity contribution in [3.8, 4) is 0 Å². The average Bonchev–Trinajstić information content (AvgIpc) is 3.01. The van der Waals surface area contributed by atoms with Crippen molar-refractivity contribution >= 4 is 33.6 Å². The van der Waals surface area contributed by atoms with Crippen molar-refractivity contribution in [1.29, 1.82) is 0 Å². The molecule has 3 aromatic carbocycles. The first-order valence-electron chi connectivity index (χ1n) is 9.72. The van der Waals surface area contributed by atoms with Crippen LogP contribution in [0.2, 0.25) is 0 Å². The van der Waals surface area contributed by atoms with Crippen LogP contribution in [0.15, 0.2) is 60.7 Å². The van der Waals surface area contributed by atoms with Crippen LogP contribution >= 0.6 is 0 Å². The molecule has 0 saturated carbocycles. The number of benzene rings is 3. The Hall–Kier alpha value is -3.60. The molecule has 0 aliphatic rings. The highest BCUT2D eigenvalue weighted by Gasteiger charge is 2.17. The summed E-state index contributed by atoms with van der Waals surface area (Å²) in [6.07, 6.45) is 2.04. The van der Waals surface area contributed by atoms with Gasteiger partial charge in [0.25, 0.3) is 0 Å². The largest absolute Gasteiger partial charge is 0.366 e. The molecule has 146 valence electrons. The standard InChI is InChI=1S/C24H23N3O2/c1-2-5-15-10-11-18-21(13-15)27(14-16-6-3-7-17(12-16)23(25)28)20-9-4-8-19(22(18)20)24(26)29/h3-4,6-13H,2,5,14H2,1H3,(H2,25,28)(H2,26,29). The number of rotatable bonds is 6. The predicted molar refractivity (Wildman–Crippen MR) is 116 cm³/mol. The maximum Gasteiger partial charge on any atom is 0.249 e. The third kappa shape index (κ3) is 3.36. The fourth-order valence-corrected chi connectivity index (χ4v) is 4.02. The number of aryl methyl sites for hydroxylation is 1. The Bertz CT molecular complexity index is 1250. The molecule has 0 saturated heterocycles. The number of fused-ring (bicyclic) bond motifs is 3. The van der Waals surface area contributed by atoms with Crippen LogP contribution in [-0.4, -0.2) is 16.4 Å². The highest BCUT2D eigenvalue weighted by atomic mass is 16.1. The van der Waals surface area contributed by atoms with E-state index >= 15 is 0 Å². The van der Waals surface area contributed by atoms with E-state index in [0.29, 0.717) is 17.7 Å². The Morgan fingerprint density at radius 1 is 0.862 bits per heavy atom. The summed E-state index contributed by atoms with van der Waals surface area (Å²) in [5.41, 5.74) is 16.3. The minimum atomic E-state index is -0.449. The number of hydrogen-bond acceptors (Lipinski definition) is 2. The number of hydrogen-bond donors (Lipinski definition) is 2. The zero-order chi connectivity index (χ0) is 20.5. The first-order chi connectivity index (χ1) is 14.0. The summed E-state index contributed by atoms with van der Waals surface area (Å²) in [6.45, 7) is 2.71. The van der Waals surface area contributed by atoms with Crippen molar-refractivity contribution in [2.24, 2.45) is 11.5 Å². The Morgan fingerprint density at radius 2 is 1.66 bits per heavy atom. The van der Waals surface area contributed by atoms with Crippen LogP contribution in [0.4, 0.5) is 0 Å². The van der Waals surface area contributed by atoms with Gasteiger partial charge in [-0.05, 0) is 47.9 Å². The fraction of sp³-hybridized carbons (Fsp3) is 0.167. The lowest BCUT2D eigenvalue weighted by Gasteiger charge is -2.10. The zero-order valence-electron chi connectivity index (χ0n) is 16.3. The van der Waals surface area contributed by atoms with Crippen LogP contribution in [0, 0.1) is 0 Å². The minimum absolute atomic E-state index is 0.442. The normalized spacial score (nSPS) is 11.2. The molecular weight excluding hydrogens is 362 g/mol. The molecule has 0 radical (unpaired) electrons. The monoisotopic (exact) mass is 385 g/mol. The predicted octanol–water partition coefficient (Wildman–Crippen LogP) is 3.99. The van der Waals surface area contributed by atoms with Gasteiger partial charge in [0.2, 0.25) is 11.8 Å². The number of carbonyl (C=O) groups is 2. The van der Waals surface area contributed by atoms with E-state index in [9.17, 15) is 9.59 Å². The summed E-state index contributed by atoms with van der Waals surface area (Å²) in [6, 6.07) is 19.3. The molecule has 0 spiro atoms. The molecule has 0 bridgehead atoms. The third-order valence-corrected chi connectivity index (χ3v) is 5.31. The fourth-order valence-electron chi connectivity index (χ4n) is 4.02. The van der Waals surface area contributed by atoms with Gasteiger partial charge in [0.05, 0.1) is 5.52 Å². The number of carbonyl (C=O) groups excluding carboxylic acids is 2. The molecule has 0 aliphatic heterocycles. The molecule has 1 aromatic heterocycles. The lowest BCUT2D eigenvalue weighted by atomic mass is 10.0. The molecule has 0 aliphatic carbocycles. The Morgan fingerprint density at radius 3 is 2.38 bits per heavy atom. The van der Waals surface area contributed by atoms with Gasteiger partial charge in [-0.25, -0.2) is 0 Å². The van der Waals surface area contributed by atoms with Crippen molar-refractivity contribution in [2.45, 2.75) is 26.3 Å². The van der Waals surface area contributed by atoms with E-state index in [-0.39, 0.29) is 0 Å². The summed E-state index contributed by atoms with van der Waals surface area (Å²) in [7, 11) is 0. The van der Waals surface area contributed by atoms with E-state index in [1.807, 2.05) is 30.3 Å². The van der Waals surface area contributed by atoms with Crippen LogP contribution in [0.25, 0.3) is 21.8 Å². The highest BCUT2D eigenvalue weighted by molar-refractivity contribution is 6.18. The number of nitrogens with two attached hydrogens (primary N) is 2. The van der Waals surface area contributed by atoms with Crippen molar-refractivity contribution in [3.05, 3.63) is 82.9 Å². The van der Waals surface area contributed by atoms with Gasteiger partial charge in [-0.3, -0.25) is 9.59 Å². The first kappa shape index (κ1) is 18.7. The van der Waals surface area contributed by atoms with Gasteiger partial charge in [0.15, 0.2) is 0 Å². The molecule has 0 atom stereocenters. The summed E-state index contributed by atoms with van der Waals surface area (Å²) < 4.78 is 2.18. The molecule has 0 fully saturated rings. The first-order valence-corrected chi connectivity index (χ1v) is 9.72. The Labute approximate surface area is 168 Å². The SMILES string of the molecule is CCCc1ccc2c3c(C(N)=O)cccc3n(Cc3cccc(C(N)=O)c3)c2c1. The van der Waals surface area contributed by atoms with Gasteiger partial charge >= 0.3 is 0 Å². The summed E-state index contributed by atoms with van der Waals surface area (Å²) in [5, 5.41) is 1.87. The second kappa shape index (κ2) is 7.43. The van der Waals surface area contributed by atoms with E-state index < -0.39 is 11.8 Å². The van der Waals surface area contributed by atoms with Gasteiger partial charge in [-0.2, -0.15) is 0 Å². The summed E-state index contributed by atoms with van der Waals surface area (Å²) in [4.78, 5) is 23.7. The molecule has 5 nitrogen and oxygen atoms in total. The highest BCUT2D eigenvalue weighted by Crippen LogP contribution is 2.33. The van der Waals surface area contributed by atoms with Crippen molar-refractivity contribution in [1.82, 2.24) is 4.57 Å². The lowest BCUT2D eigenvalue weighted by molar-refractivity contribution is 0.0992. The second-order valence-corrected chi connectivity index (χ2v) is 7.32. The summed E-state index contributed by atoms with van der Waals surface area (Å²) >= 11 is 0. The lowest BCUT2D eigenvalue weighted by Crippen LogP contribution is -2.12.